The van der Waals surface area contributed by atoms with E-state index < -0.39 is 5.54 Å². The van der Waals surface area contributed by atoms with Crippen LogP contribution in [0.4, 0.5) is 0 Å². The number of benzene rings is 2. The van der Waals surface area contributed by atoms with Gasteiger partial charge >= 0.3 is 0 Å². The molecule has 4 N–H and O–H groups in total. The van der Waals surface area contributed by atoms with Gasteiger partial charge < -0.3 is 20.7 Å². The number of hydrogen-bond donors (Lipinski definition) is 3. The van der Waals surface area contributed by atoms with Crippen molar-refractivity contribution in [3.05, 3.63) is 53.1 Å². The highest BCUT2D eigenvalue weighted by molar-refractivity contribution is 7.99. The van der Waals surface area contributed by atoms with E-state index in [9.17, 15) is 10.2 Å². The summed E-state index contributed by atoms with van der Waals surface area (Å²) in [6, 6.07) is 13.9. The van der Waals surface area contributed by atoms with Crippen LogP contribution in [0.15, 0.2) is 52.3 Å². The van der Waals surface area contributed by atoms with E-state index in [0.29, 0.717) is 11.4 Å². The van der Waals surface area contributed by atoms with E-state index in [1.807, 2.05) is 42.5 Å². The number of rotatable bonds is 9. The highest BCUT2D eigenvalue weighted by Crippen LogP contribution is 2.33. The number of nitrogens with two attached hydrogens (primary N) is 1. The van der Waals surface area contributed by atoms with Crippen LogP contribution >= 0.6 is 23.4 Å². The predicted molar refractivity (Wildman–Crippen MR) is 103 cm³/mol. The molecule has 6 heteroatoms. The maximum atomic E-state index is 9.23. The Hall–Kier alpha value is -1.24. The molecule has 0 aliphatic carbocycles. The monoisotopic (exact) mass is 381 g/mol. The van der Waals surface area contributed by atoms with E-state index in [2.05, 4.69) is 0 Å². The van der Waals surface area contributed by atoms with Gasteiger partial charge in [0.1, 0.15) is 5.75 Å². The Morgan fingerprint density at radius 2 is 1.84 bits per heavy atom. The predicted octanol–water partition coefficient (Wildman–Crippen LogP) is 3.50. The van der Waals surface area contributed by atoms with Crippen LogP contribution in [-0.2, 0) is 6.42 Å². The molecule has 4 nitrogen and oxygen atoms in total. The molecule has 0 heterocycles. The fourth-order valence-electron chi connectivity index (χ4n) is 2.43. The van der Waals surface area contributed by atoms with Gasteiger partial charge in [-0.3, -0.25) is 0 Å². The summed E-state index contributed by atoms with van der Waals surface area (Å²) in [5.41, 5.74) is 6.00. The van der Waals surface area contributed by atoms with Crippen molar-refractivity contribution in [3.8, 4) is 5.75 Å². The molecule has 0 radical (unpaired) electrons. The maximum absolute atomic E-state index is 9.23. The second-order valence-electron chi connectivity index (χ2n) is 6.07. The smallest absolute Gasteiger partial charge is 0.119 e. The van der Waals surface area contributed by atoms with Crippen molar-refractivity contribution < 1.29 is 14.9 Å². The molecule has 2 rings (SSSR count). The van der Waals surface area contributed by atoms with Gasteiger partial charge in [0.25, 0.3) is 0 Å². The molecule has 0 saturated carbocycles. The third kappa shape index (κ3) is 5.90. The first-order valence-corrected chi connectivity index (χ1v) is 9.30. The third-order valence-electron chi connectivity index (χ3n) is 4.05. The van der Waals surface area contributed by atoms with E-state index in [1.165, 1.54) is 0 Å². The Kier molecular flexibility index (Phi) is 7.59. The van der Waals surface area contributed by atoms with Crippen molar-refractivity contribution in [2.75, 3.05) is 20.3 Å². The highest BCUT2D eigenvalue weighted by atomic mass is 35.5. The normalized spacial score (nSPS) is 11.6. The first-order valence-electron chi connectivity index (χ1n) is 8.10. The quantitative estimate of drug-likeness (QED) is 0.619. The van der Waals surface area contributed by atoms with Gasteiger partial charge in [0.2, 0.25) is 0 Å². The molecule has 0 bridgehead atoms. The summed E-state index contributed by atoms with van der Waals surface area (Å²) >= 11 is 8.03. The average molecular weight is 382 g/mol. The first-order chi connectivity index (χ1) is 12.0. The minimum atomic E-state index is -0.922. The molecule has 25 heavy (non-hydrogen) atoms. The van der Waals surface area contributed by atoms with Gasteiger partial charge in [-0.1, -0.05) is 35.5 Å². The van der Waals surface area contributed by atoms with E-state index in [4.69, 9.17) is 22.1 Å². The lowest BCUT2D eigenvalue weighted by Gasteiger charge is -2.24. The van der Waals surface area contributed by atoms with E-state index >= 15 is 0 Å². The van der Waals surface area contributed by atoms with Crippen LogP contribution in [0.1, 0.15) is 18.4 Å². The zero-order valence-corrected chi connectivity index (χ0v) is 15.8. The van der Waals surface area contributed by atoms with Crippen LogP contribution in [0, 0.1) is 0 Å². The van der Waals surface area contributed by atoms with Crippen molar-refractivity contribution in [2.24, 2.45) is 5.73 Å². The van der Waals surface area contributed by atoms with Crippen LogP contribution in [0.3, 0.4) is 0 Å². The second kappa shape index (κ2) is 9.46. The minimum absolute atomic E-state index is 0.229. The molecular formula is C19H24ClNO3S. The molecule has 0 amide bonds. The van der Waals surface area contributed by atoms with Crippen molar-refractivity contribution in [1.82, 2.24) is 0 Å². The van der Waals surface area contributed by atoms with Crippen molar-refractivity contribution in [2.45, 2.75) is 34.6 Å². The van der Waals surface area contributed by atoms with Crippen molar-refractivity contribution in [1.29, 1.82) is 0 Å². The fraction of sp³-hybridized carbons (Fsp3) is 0.368. The summed E-state index contributed by atoms with van der Waals surface area (Å²) < 4.78 is 5.24. The lowest BCUT2D eigenvalue weighted by molar-refractivity contribution is 0.113. The average Bonchev–Trinajstić information content (AvgIpc) is 2.63. The molecular weight excluding hydrogens is 358 g/mol. The van der Waals surface area contributed by atoms with Crippen molar-refractivity contribution in [3.63, 3.8) is 0 Å². The standard InChI is InChI=1S/C19H24ClNO3S/c1-24-15-5-2-6-16(10-15)25-17-8-7-14(18(20)11-17)4-3-9-19(21,12-22)13-23/h2,5-8,10-11,22-23H,3-4,9,12-13,21H2,1H3. The fourth-order valence-corrected chi connectivity index (χ4v) is 3.68. The summed E-state index contributed by atoms with van der Waals surface area (Å²) in [4.78, 5) is 2.14. The number of ether oxygens (including phenoxy) is 1. The molecule has 0 aromatic heterocycles. The first kappa shape index (κ1) is 20.1. The lowest BCUT2D eigenvalue weighted by atomic mass is 9.94. The Morgan fingerprint density at radius 3 is 2.48 bits per heavy atom. The lowest BCUT2D eigenvalue weighted by Crippen LogP contribution is -2.47. The molecule has 0 atom stereocenters. The van der Waals surface area contributed by atoms with Gasteiger partial charge in [-0.05, 0) is 55.2 Å². The van der Waals surface area contributed by atoms with Gasteiger partial charge in [0, 0.05) is 14.8 Å². The van der Waals surface area contributed by atoms with Crippen molar-refractivity contribution >= 4 is 23.4 Å². The van der Waals surface area contributed by atoms with Gasteiger partial charge in [-0.15, -0.1) is 0 Å². The second-order valence-corrected chi connectivity index (χ2v) is 7.62. The highest BCUT2D eigenvalue weighted by Gasteiger charge is 2.22. The zero-order valence-electron chi connectivity index (χ0n) is 14.2. The molecule has 0 saturated heterocycles. The van der Waals surface area contributed by atoms with Gasteiger partial charge in [0.15, 0.2) is 0 Å². The van der Waals surface area contributed by atoms with E-state index in [1.54, 1.807) is 18.9 Å². The molecule has 2 aromatic rings. The number of methoxy groups -OCH3 is 1. The topological polar surface area (TPSA) is 75.7 Å². The number of halogens is 1. The SMILES string of the molecule is COc1cccc(Sc2ccc(CCCC(N)(CO)CO)c(Cl)c2)c1. The molecule has 136 valence electrons. The largest absolute Gasteiger partial charge is 0.497 e. The van der Waals surface area contributed by atoms with Gasteiger partial charge in [-0.25, -0.2) is 0 Å². The van der Waals surface area contributed by atoms with Gasteiger partial charge in [0.05, 0.1) is 25.9 Å². The summed E-state index contributed by atoms with van der Waals surface area (Å²) in [6.07, 6.45) is 2.04. The minimum Gasteiger partial charge on any atom is -0.497 e. The number of aliphatic hydroxyl groups is 2. The summed E-state index contributed by atoms with van der Waals surface area (Å²) in [5.74, 6) is 0.825. The maximum Gasteiger partial charge on any atom is 0.119 e. The third-order valence-corrected chi connectivity index (χ3v) is 5.38. The number of aryl methyl sites for hydroxylation is 1. The molecule has 0 fully saturated rings. The van der Waals surface area contributed by atoms with Crippen LogP contribution in [-0.4, -0.2) is 36.1 Å². The summed E-state index contributed by atoms with van der Waals surface area (Å²) in [7, 11) is 1.65. The Balaban J connectivity index is 1.98. The summed E-state index contributed by atoms with van der Waals surface area (Å²) in [5, 5.41) is 19.2. The molecule has 2 aromatic carbocycles. The number of aliphatic hydroxyl groups excluding tert-OH is 2. The molecule has 0 spiro atoms. The van der Waals surface area contributed by atoms with Crippen LogP contribution < -0.4 is 10.5 Å². The Morgan fingerprint density at radius 1 is 1.12 bits per heavy atom. The summed E-state index contributed by atoms with van der Waals surface area (Å²) in [6.45, 7) is -0.458. The van der Waals surface area contributed by atoms with Crippen LogP contribution in [0.2, 0.25) is 5.02 Å². The Labute approximate surface area is 158 Å². The number of hydrogen-bond acceptors (Lipinski definition) is 5. The van der Waals surface area contributed by atoms with Crippen LogP contribution in [0.25, 0.3) is 0 Å². The zero-order chi connectivity index (χ0) is 18.3. The molecule has 0 unspecified atom stereocenters. The van der Waals surface area contributed by atoms with E-state index in [-0.39, 0.29) is 13.2 Å². The van der Waals surface area contributed by atoms with Gasteiger partial charge in [-0.2, -0.15) is 0 Å². The molecule has 0 aliphatic rings. The van der Waals surface area contributed by atoms with Crippen LogP contribution in [0.5, 0.6) is 5.75 Å². The van der Waals surface area contributed by atoms with E-state index in [0.717, 1.165) is 33.9 Å². The molecule has 0 aliphatic heterocycles. The Bertz CT molecular complexity index is 692.